The number of guanidine groups is 1. The van der Waals surface area contributed by atoms with E-state index in [9.17, 15) is 8.42 Å². The van der Waals surface area contributed by atoms with Crippen LogP contribution in [0, 0.1) is 6.92 Å². The van der Waals surface area contributed by atoms with Gasteiger partial charge in [0.15, 0.2) is 15.8 Å². The molecule has 1 aliphatic rings. The van der Waals surface area contributed by atoms with Gasteiger partial charge in [0, 0.05) is 30.9 Å². The van der Waals surface area contributed by atoms with Crippen molar-refractivity contribution in [2.24, 2.45) is 10.7 Å². The summed E-state index contributed by atoms with van der Waals surface area (Å²) in [5.74, 6) is 2.73. The lowest BCUT2D eigenvalue weighted by atomic mass is 10.1. The third kappa shape index (κ3) is 4.38. The van der Waals surface area contributed by atoms with Crippen molar-refractivity contribution in [3.05, 3.63) is 29.3 Å². The Balaban J connectivity index is 2.08. The van der Waals surface area contributed by atoms with Crippen LogP contribution in [0.4, 0.5) is 0 Å². The topological polar surface area (TPSA) is 75.8 Å². The van der Waals surface area contributed by atoms with Crippen LogP contribution in [0.3, 0.4) is 0 Å². The highest BCUT2D eigenvalue weighted by atomic mass is 32.2. The van der Waals surface area contributed by atoms with E-state index in [1.165, 1.54) is 6.26 Å². The van der Waals surface area contributed by atoms with Gasteiger partial charge in [0.25, 0.3) is 0 Å². The summed E-state index contributed by atoms with van der Waals surface area (Å²) in [5.41, 5.74) is 7.72. The molecule has 2 N–H and O–H groups in total. The van der Waals surface area contributed by atoms with Crippen molar-refractivity contribution in [1.29, 1.82) is 0 Å². The minimum absolute atomic E-state index is 0.372. The van der Waals surface area contributed by atoms with Gasteiger partial charge in [-0.05, 0) is 24.1 Å². The molecule has 1 aromatic rings. The fraction of sp³-hybridized carbons (Fsp3) is 0.500. The molecule has 2 rings (SSSR count). The average Bonchev–Trinajstić information content (AvgIpc) is 2.44. The maximum atomic E-state index is 11.6. The lowest BCUT2D eigenvalue weighted by molar-refractivity contribution is 0.455. The Bertz CT molecular complexity index is 636. The van der Waals surface area contributed by atoms with Gasteiger partial charge < -0.3 is 10.6 Å². The Morgan fingerprint density at radius 2 is 2.05 bits per heavy atom. The van der Waals surface area contributed by atoms with Crippen molar-refractivity contribution in [3.63, 3.8) is 0 Å². The quantitative estimate of drug-likeness (QED) is 0.668. The van der Waals surface area contributed by atoms with Crippen molar-refractivity contribution >= 4 is 27.6 Å². The van der Waals surface area contributed by atoms with E-state index in [1.54, 1.807) is 19.1 Å². The van der Waals surface area contributed by atoms with Crippen LogP contribution in [0.2, 0.25) is 0 Å². The number of sulfone groups is 1. The molecule has 0 radical (unpaired) electrons. The number of aliphatic imine (C=N–C) groups is 1. The monoisotopic (exact) mass is 327 g/mol. The van der Waals surface area contributed by atoms with Crippen LogP contribution in [0.15, 0.2) is 28.1 Å². The van der Waals surface area contributed by atoms with Crippen molar-refractivity contribution < 1.29 is 8.42 Å². The zero-order chi connectivity index (χ0) is 15.5. The van der Waals surface area contributed by atoms with Crippen molar-refractivity contribution in [2.75, 3.05) is 30.9 Å². The molecule has 116 valence electrons. The zero-order valence-electron chi connectivity index (χ0n) is 12.4. The minimum atomic E-state index is -3.17. The van der Waals surface area contributed by atoms with E-state index in [2.05, 4.69) is 9.89 Å². The van der Waals surface area contributed by atoms with Crippen LogP contribution in [0.1, 0.15) is 11.1 Å². The summed E-state index contributed by atoms with van der Waals surface area (Å²) < 4.78 is 23.2. The molecule has 21 heavy (non-hydrogen) atoms. The summed E-state index contributed by atoms with van der Waals surface area (Å²) >= 11 is 1.93. The second-order valence-electron chi connectivity index (χ2n) is 5.15. The summed E-state index contributed by atoms with van der Waals surface area (Å²) in [7, 11) is -3.17. The second-order valence-corrected chi connectivity index (χ2v) is 8.35. The molecule has 0 amide bonds. The number of thioether (sulfide) groups is 1. The predicted octanol–water partition coefficient (Wildman–Crippen LogP) is 1.26. The predicted molar refractivity (Wildman–Crippen MR) is 88.5 cm³/mol. The van der Waals surface area contributed by atoms with Crippen LogP contribution < -0.4 is 5.73 Å². The molecule has 0 bridgehead atoms. The molecule has 0 atom stereocenters. The molecule has 5 nitrogen and oxygen atoms in total. The van der Waals surface area contributed by atoms with E-state index in [1.807, 2.05) is 17.8 Å². The Morgan fingerprint density at radius 1 is 1.38 bits per heavy atom. The molecular weight excluding hydrogens is 306 g/mol. The fourth-order valence-corrected chi connectivity index (χ4v) is 4.15. The summed E-state index contributed by atoms with van der Waals surface area (Å²) in [4.78, 5) is 6.88. The van der Waals surface area contributed by atoms with Crippen LogP contribution in [0.5, 0.6) is 0 Å². The smallest absolute Gasteiger partial charge is 0.191 e. The molecule has 0 aromatic heterocycles. The fourth-order valence-electron chi connectivity index (χ4n) is 2.29. The third-order valence-corrected chi connectivity index (χ3v) is 5.60. The lowest BCUT2D eigenvalue weighted by Gasteiger charge is -2.27. The molecular formula is C14H21N3O2S2. The Labute approximate surface area is 130 Å². The van der Waals surface area contributed by atoms with Gasteiger partial charge in [-0.1, -0.05) is 12.1 Å². The highest BCUT2D eigenvalue weighted by molar-refractivity contribution is 7.99. The van der Waals surface area contributed by atoms with Crippen LogP contribution in [-0.4, -0.2) is 50.1 Å². The van der Waals surface area contributed by atoms with Gasteiger partial charge in [0.1, 0.15) is 0 Å². The Kier molecular flexibility index (Phi) is 5.16. The van der Waals surface area contributed by atoms with E-state index in [4.69, 9.17) is 5.73 Å². The van der Waals surface area contributed by atoms with E-state index < -0.39 is 9.84 Å². The number of nitrogens with two attached hydrogens (primary N) is 1. The van der Waals surface area contributed by atoms with Gasteiger partial charge in [-0.2, -0.15) is 11.8 Å². The van der Waals surface area contributed by atoms with Gasteiger partial charge in [-0.3, -0.25) is 0 Å². The number of benzene rings is 1. The summed E-state index contributed by atoms with van der Waals surface area (Å²) in [6.45, 7) is 4.15. The first kappa shape index (κ1) is 16.2. The standard InChI is InChI=1S/C14H21N3O2S2/c1-11-9-12(3-4-13(11)21(2,18)19)10-16-14(15)17-5-7-20-8-6-17/h3-4,9H,5-8,10H2,1-2H3,(H2,15,16). The van der Waals surface area contributed by atoms with Crippen LogP contribution >= 0.6 is 11.8 Å². The molecule has 0 saturated carbocycles. The number of nitrogens with zero attached hydrogens (tertiary/aromatic N) is 2. The number of hydrogen-bond donors (Lipinski definition) is 1. The highest BCUT2D eigenvalue weighted by Gasteiger charge is 2.13. The maximum absolute atomic E-state index is 11.6. The highest BCUT2D eigenvalue weighted by Crippen LogP contribution is 2.17. The van der Waals surface area contributed by atoms with Gasteiger partial charge in [0.05, 0.1) is 11.4 Å². The van der Waals surface area contributed by atoms with Crippen LogP contribution in [0.25, 0.3) is 0 Å². The molecule has 7 heteroatoms. The van der Waals surface area contributed by atoms with E-state index in [-0.39, 0.29) is 0 Å². The van der Waals surface area contributed by atoms with E-state index in [0.717, 1.165) is 35.7 Å². The average molecular weight is 327 g/mol. The first-order valence-electron chi connectivity index (χ1n) is 6.80. The van der Waals surface area contributed by atoms with Gasteiger partial charge >= 0.3 is 0 Å². The van der Waals surface area contributed by atoms with E-state index >= 15 is 0 Å². The first-order chi connectivity index (χ1) is 9.88. The lowest BCUT2D eigenvalue weighted by Crippen LogP contribution is -2.42. The molecule has 0 spiro atoms. The molecule has 1 aromatic carbocycles. The van der Waals surface area contributed by atoms with Gasteiger partial charge in [-0.15, -0.1) is 0 Å². The third-order valence-electron chi connectivity index (χ3n) is 3.40. The molecule has 1 heterocycles. The largest absolute Gasteiger partial charge is 0.370 e. The number of rotatable bonds is 3. The Hall–Kier alpha value is -1.21. The second kappa shape index (κ2) is 6.70. The number of aryl methyl sites for hydroxylation is 1. The summed E-state index contributed by atoms with van der Waals surface area (Å²) in [5, 5.41) is 0. The maximum Gasteiger partial charge on any atom is 0.191 e. The molecule has 1 fully saturated rings. The van der Waals surface area contributed by atoms with Crippen molar-refractivity contribution in [1.82, 2.24) is 4.90 Å². The van der Waals surface area contributed by atoms with E-state index in [0.29, 0.717) is 17.4 Å². The van der Waals surface area contributed by atoms with Gasteiger partial charge in [0.2, 0.25) is 0 Å². The number of hydrogen-bond acceptors (Lipinski definition) is 4. The summed E-state index contributed by atoms with van der Waals surface area (Å²) in [6.07, 6.45) is 1.22. The van der Waals surface area contributed by atoms with Gasteiger partial charge in [-0.25, -0.2) is 13.4 Å². The first-order valence-corrected chi connectivity index (χ1v) is 9.85. The molecule has 1 saturated heterocycles. The van der Waals surface area contributed by atoms with Crippen molar-refractivity contribution in [3.8, 4) is 0 Å². The SMILES string of the molecule is Cc1cc(CN=C(N)N2CCSCC2)ccc1S(C)(=O)=O. The normalized spacial score (nSPS) is 17.0. The molecule has 1 aliphatic heterocycles. The van der Waals surface area contributed by atoms with Crippen molar-refractivity contribution in [2.45, 2.75) is 18.4 Å². The van der Waals surface area contributed by atoms with Crippen LogP contribution in [-0.2, 0) is 16.4 Å². The molecule has 0 aliphatic carbocycles. The molecule has 0 unspecified atom stereocenters. The zero-order valence-corrected chi connectivity index (χ0v) is 14.0. The summed E-state index contributed by atoms with van der Waals surface area (Å²) in [6, 6.07) is 5.30. The Morgan fingerprint density at radius 3 is 2.62 bits per heavy atom. The minimum Gasteiger partial charge on any atom is -0.370 e.